The summed E-state index contributed by atoms with van der Waals surface area (Å²) >= 11 is 0. The molecule has 0 spiro atoms. The van der Waals surface area contributed by atoms with Crippen LogP contribution in [0.5, 0.6) is 0 Å². The molecule has 1 aliphatic carbocycles. The number of aliphatic carboxylic acids is 1. The molecule has 0 bridgehead atoms. The minimum Gasteiger partial charge on any atom is -0.479 e. The molecule has 2 fully saturated rings. The molecule has 2 rings (SSSR count). The van der Waals surface area contributed by atoms with Crippen LogP contribution in [0.15, 0.2) is 0 Å². The Labute approximate surface area is 116 Å². The highest BCUT2D eigenvalue weighted by Gasteiger charge is 2.38. The lowest BCUT2D eigenvalue weighted by molar-refractivity contribution is -0.156. The molecule has 2 atom stereocenters. The van der Waals surface area contributed by atoms with Gasteiger partial charge in [0.05, 0.1) is 12.5 Å². The van der Waals surface area contributed by atoms with E-state index in [1.807, 2.05) is 0 Å². The average Bonchev–Trinajstić information content (AvgIpc) is 3.10. The number of hydrogen-bond donors (Lipinski definition) is 3. The first-order chi connectivity index (χ1) is 9.29. The molecule has 20 heavy (non-hydrogen) atoms. The SMILES string of the molecule is CC(O)(CNC(=O)C1CC(=O)N(CC2CC2)C1)C(=O)O. The third kappa shape index (κ3) is 3.47. The zero-order chi connectivity index (χ0) is 14.9. The summed E-state index contributed by atoms with van der Waals surface area (Å²) in [6, 6.07) is 0. The van der Waals surface area contributed by atoms with Crippen LogP contribution in [0.25, 0.3) is 0 Å². The van der Waals surface area contributed by atoms with E-state index in [0.717, 1.165) is 26.3 Å². The lowest BCUT2D eigenvalue weighted by atomic mass is 10.1. The van der Waals surface area contributed by atoms with E-state index in [4.69, 9.17) is 5.11 Å². The van der Waals surface area contributed by atoms with E-state index in [1.54, 1.807) is 4.90 Å². The first-order valence-corrected chi connectivity index (χ1v) is 6.81. The van der Waals surface area contributed by atoms with Gasteiger partial charge < -0.3 is 20.4 Å². The summed E-state index contributed by atoms with van der Waals surface area (Å²) in [6.07, 6.45) is 2.44. The smallest absolute Gasteiger partial charge is 0.337 e. The molecule has 0 aromatic carbocycles. The summed E-state index contributed by atoms with van der Waals surface area (Å²) in [5.41, 5.74) is -1.99. The van der Waals surface area contributed by atoms with E-state index in [-0.39, 0.29) is 24.8 Å². The fourth-order valence-corrected chi connectivity index (χ4v) is 2.22. The monoisotopic (exact) mass is 284 g/mol. The predicted molar refractivity (Wildman–Crippen MR) is 68.7 cm³/mol. The zero-order valence-electron chi connectivity index (χ0n) is 11.5. The van der Waals surface area contributed by atoms with E-state index in [0.29, 0.717) is 12.5 Å². The topological polar surface area (TPSA) is 107 Å². The van der Waals surface area contributed by atoms with Gasteiger partial charge in [-0.15, -0.1) is 0 Å². The number of likely N-dealkylation sites (tertiary alicyclic amines) is 1. The summed E-state index contributed by atoms with van der Waals surface area (Å²) in [7, 11) is 0. The van der Waals surface area contributed by atoms with Crippen molar-refractivity contribution in [2.75, 3.05) is 19.6 Å². The molecule has 1 saturated carbocycles. The van der Waals surface area contributed by atoms with Gasteiger partial charge in [-0.25, -0.2) is 4.79 Å². The third-order valence-electron chi connectivity index (χ3n) is 3.83. The van der Waals surface area contributed by atoms with Crippen molar-refractivity contribution in [2.45, 2.75) is 31.8 Å². The standard InChI is InChI=1S/C13H20N2O5/c1-13(20,12(18)19)7-14-11(17)9-4-10(16)15(6-9)5-8-2-3-8/h8-9,20H,2-7H2,1H3,(H,14,17)(H,18,19). The highest BCUT2D eigenvalue weighted by Crippen LogP contribution is 2.31. The normalized spacial score (nSPS) is 25.4. The van der Waals surface area contributed by atoms with Crippen molar-refractivity contribution >= 4 is 17.8 Å². The number of amides is 2. The summed E-state index contributed by atoms with van der Waals surface area (Å²) in [5, 5.41) is 20.7. The molecule has 7 heteroatoms. The highest BCUT2D eigenvalue weighted by molar-refractivity contribution is 5.89. The average molecular weight is 284 g/mol. The van der Waals surface area contributed by atoms with Crippen molar-refractivity contribution in [2.24, 2.45) is 11.8 Å². The van der Waals surface area contributed by atoms with Crippen LogP contribution in [-0.2, 0) is 14.4 Å². The molecule has 2 amide bonds. The predicted octanol–water partition coefficient (Wildman–Crippen LogP) is -0.803. The molecule has 1 saturated heterocycles. The second-order valence-electron chi connectivity index (χ2n) is 5.94. The number of carboxylic acid groups (broad SMARTS) is 1. The summed E-state index contributed by atoms with van der Waals surface area (Å²) in [5.74, 6) is -1.67. The molecule has 7 nitrogen and oxygen atoms in total. The Morgan fingerprint density at radius 1 is 1.45 bits per heavy atom. The fourth-order valence-electron chi connectivity index (χ4n) is 2.22. The number of carbonyl (C=O) groups is 3. The number of rotatable bonds is 6. The van der Waals surface area contributed by atoms with E-state index in [1.165, 1.54) is 0 Å². The second-order valence-corrected chi connectivity index (χ2v) is 5.94. The number of carboxylic acids is 1. The number of nitrogens with one attached hydrogen (secondary N) is 1. The maximum atomic E-state index is 11.9. The van der Waals surface area contributed by atoms with Crippen LogP contribution in [0.1, 0.15) is 26.2 Å². The van der Waals surface area contributed by atoms with Gasteiger partial charge in [0.25, 0.3) is 0 Å². The molecular formula is C13H20N2O5. The van der Waals surface area contributed by atoms with Crippen LogP contribution in [0, 0.1) is 11.8 Å². The van der Waals surface area contributed by atoms with E-state index in [9.17, 15) is 19.5 Å². The molecule has 0 aromatic rings. The molecule has 1 aliphatic heterocycles. The van der Waals surface area contributed by atoms with E-state index < -0.39 is 17.5 Å². The van der Waals surface area contributed by atoms with Crippen molar-refractivity contribution in [1.29, 1.82) is 0 Å². The van der Waals surface area contributed by atoms with Gasteiger partial charge in [0.1, 0.15) is 0 Å². The van der Waals surface area contributed by atoms with Crippen molar-refractivity contribution < 1.29 is 24.6 Å². The molecule has 0 aromatic heterocycles. The number of carbonyl (C=O) groups excluding carboxylic acids is 2. The van der Waals surface area contributed by atoms with Gasteiger partial charge in [0.2, 0.25) is 11.8 Å². The van der Waals surface area contributed by atoms with E-state index in [2.05, 4.69) is 5.32 Å². The van der Waals surface area contributed by atoms with Gasteiger partial charge in [0, 0.05) is 19.5 Å². The quantitative estimate of drug-likeness (QED) is 0.592. The second kappa shape index (κ2) is 5.40. The molecule has 1 heterocycles. The van der Waals surface area contributed by atoms with E-state index >= 15 is 0 Å². The zero-order valence-corrected chi connectivity index (χ0v) is 11.5. The van der Waals surface area contributed by atoms with Crippen LogP contribution in [0.2, 0.25) is 0 Å². The van der Waals surface area contributed by atoms with Gasteiger partial charge in [-0.3, -0.25) is 9.59 Å². The van der Waals surface area contributed by atoms with Crippen LogP contribution < -0.4 is 5.32 Å². The molecular weight excluding hydrogens is 264 g/mol. The van der Waals surface area contributed by atoms with Crippen molar-refractivity contribution in [3.63, 3.8) is 0 Å². The van der Waals surface area contributed by atoms with Crippen LogP contribution in [-0.4, -0.2) is 58.1 Å². The minimum atomic E-state index is -1.99. The first-order valence-electron chi connectivity index (χ1n) is 6.81. The molecule has 2 aliphatic rings. The minimum absolute atomic E-state index is 0.0259. The molecule has 3 N–H and O–H groups in total. The fraction of sp³-hybridized carbons (Fsp3) is 0.769. The van der Waals surface area contributed by atoms with Crippen LogP contribution in [0.3, 0.4) is 0 Å². The molecule has 2 unspecified atom stereocenters. The maximum Gasteiger partial charge on any atom is 0.337 e. The number of nitrogens with zero attached hydrogens (tertiary/aromatic N) is 1. The number of hydrogen-bond acceptors (Lipinski definition) is 4. The Hall–Kier alpha value is -1.63. The van der Waals surface area contributed by atoms with Crippen molar-refractivity contribution in [3.05, 3.63) is 0 Å². The van der Waals surface area contributed by atoms with Crippen molar-refractivity contribution in [3.8, 4) is 0 Å². The van der Waals surface area contributed by atoms with Gasteiger partial charge in [0.15, 0.2) is 5.60 Å². The Kier molecular flexibility index (Phi) is 3.99. The maximum absolute atomic E-state index is 11.9. The Bertz CT molecular complexity index is 430. The Balaban J connectivity index is 1.81. The van der Waals surface area contributed by atoms with Gasteiger partial charge in [-0.05, 0) is 25.7 Å². The summed E-state index contributed by atoms with van der Waals surface area (Å²) in [4.78, 5) is 36.1. The molecule has 0 radical (unpaired) electrons. The summed E-state index contributed by atoms with van der Waals surface area (Å²) in [6.45, 7) is 1.86. The van der Waals surface area contributed by atoms with Gasteiger partial charge >= 0.3 is 5.97 Å². The van der Waals surface area contributed by atoms with Crippen LogP contribution >= 0.6 is 0 Å². The van der Waals surface area contributed by atoms with Gasteiger partial charge in [-0.2, -0.15) is 0 Å². The largest absolute Gasteiger partial charge is 0.479 e. The lowest BCUT2D eigenvalue weighted by Gasteiger charge is -2.20. The Morgan fingerprint density at radius 3 is 2.65 bits per heavy atom. The molecule has 112 valence electrons. The third-order valence-corrected chi connectivity index (χ3v) is 3.83. The van der Waals surface area contributed by atoms with Gasteiger partial charge in [-0.1, -0.05) is 0 Å². The van der Waals surface area contributed by atoms with Crippen molar-refractivity contribution in [1.82, 2.24) is 10.2 Å². The van der Waals surface area contributed by atoms with Crippen LogP contribution in [0.4, 0.5) is 0 Å². The lowest BCUT2D eigenvalue weighted by Crippen LogP contribution is -2.48. The summed E-state index contributed by atoms with van der Waals surface area (Å²) < 4.78 is 0. The highest BCUT2D eigenvalue weighted by atomic mass is 16.4. The Morgan fingerprint density at radius 2 is 2.10 bits per heavy atom. The number of aliphatic hydroxyl groups is 1. The first kappa shape index (κ1) is 14.8.